The molecule has 2 N–H and O–H groups in total. The van der Waals surface area contributed by atoms with Gasteiger partial charge in [-0.15, -0.1) is 0 Å². The van der Waals surface area contributed by atoms with E-state index < -0.39 is 17.5 Å². The molecule has 0 fully saturated rings. The Labute approximate surface area is 157 Å². The summed E-state index contributed by atoms with van der Waals surface area (Å²) in [6.45, 7) is 0. The molecule has 2 aromatic carbocycles. The molecule has 0 saturated carbocycles. The van der Waals surface area contributed by atoms with Gasteiger partial charge < -0.3 is 10.6 Å². The van der Waals surface area contributed by atoms with E-state index in [1.54, 1.807) is 18.2 Å². The van der Waals surface area contributed by atoms with Crippen molar-refractivity contribution in [2.75, 3.05) is 10.6 Å². The van der Waals surface area contributed by atoms with Crippen LogP contribution in [0.4, 0.5) is 26.1 Å². The fourth-order valence-corrected chi connectivity index (χ4v) is 2.32. The van der Waals surface area contributed by atoms with E-state index >= 15 is 0 Å². The van der Waals surface area contributed by atoms with Gasteiger partial charge in [-0.1, -0.05) is 23.2 Å². The molecule has 0 atom stereocenters. The van der Waals surface area contributed by atoms with Gasteiger partial charge in [0.1, 0.15) is 5.69 Å². The molecule has 0 aliphatic rings. The van der Waals surface area contributed by atoms with Gasteiger partial charge in [0.2, 0.25) is 5.95 Å². The number of rotatable bonds is 4. The number of aromatic nitrogens is 2. The predicted octanol–water partition coefficient (Wildman–Crippen LogP) is 5.06. The summed E-state index contributed by atoms with van der Waals surface area (Å²) in [6.07, 6.45) is 1.38. The molecular formula is C17H10Cl2F2N4O. The lowest BCUT2D eigenvalue weighted by Crippen LogP contribution is -2.15. The molecule has 0 aliphatic carbocycles. The van der Waals surface area contributed by atoms with Crippen LogP contribution in [0.5, 0.6) is 0 Å². The van der Waals surface area contributed by atoms with Crippen LogP contribution in [0.3, 0.4) is 0 Å². The topological polar surface area (TPSA) is 66.9 Å². The summed E-state index contributed by atoms with van der Waals surface area (Å²) in [5.41, 5.74) is 0.719. The van der Waals surface area contributed by atoms with Crippen LogP contribution < -0.4 is 10.6 Å². The first-order valence-electron chi connectivity index (χ1n) is 7.24. The Morgan fingerprint density at radius 1 is 0.923 bits per heavy atom. The number of halogens is 4. The molecule has 5 nitrogen and oxygen atoms in total. The molecule has 0 radical (unpaired) electrons. The van der Waals surface area contributed by atoms with Crippen LogP contribution >= 0.6 is 23.2 Å². The first kappa shape index (κ1) is 18.0. The van der Waals surface area contributed by atoms with Crippen LogP contribution in [0.15, 0.2) is 48.7 Å². The van der Waals surface area contributed by atoms with E-state index in [1.807, 2.05) is 0 Å². The highest BCUT2D eigenvalue weighted by atomic mass is 35.5. The van der Waals surface area contributed by atoms with E-state index in [1.165, 1.54) is 18.3 Å². The lowest BCUT2D eigenvalue weighted by molar-refractivity contribution is 0.102. The van der Waals surface area contributed by atoms with Gasteiger partial charge >= 0.3 is 0 Å². The highest BCUT2D eigenvalue weighted by molar-refractivity contribution is 6.42. The van der Waals surface area contributed by atoms with Crippen molar-refractivity contribution in [1.29, 1.82) is 0 Å². The van der Waals surface area contributed by atoms with Crippen LogP contribution in [0.25, 0.3) is 0 Å². The van der Waals surface area contributed by atoms with Crippen LogP contribution in [0.1, 0.15) is 10.5 Å². The summed E-state index contributed by atoms with van der Waals surface area (Å²) >= 11 is 11.8. The molecular weight excluding hydrogens is 385 g/mol. The Morgan fingerprint density at radius 3 is 2.42 bits per heavy atom. The Kier molecular flexibility index (Phi) is 5.29. The van der Waals surface area contributed by atoms with E-state index in [4.69, 9.17) is 23.2 Å². The second-order valence-electron chi connectivity index (χ2n) is 5.10. The van der Waals surface area contributed by atoms with Gasteiger partial charge in [0.15, 0.2) is 11.6 Å². The molecule has 1 heterocycles. The molecule has 0 saturated heterocycles. The van der Waals surface area contributed by atoms with Gasteiger partial charge in [0.05, 0.1) is 10.0 Å². The van der Waals surface area contributed by atoms with E-state index in [-0.39, 0.29) is 17.3 Å². The van der Waals surface area contributed by atoms with Crippen molar-refractivity contribution in [3.05, 3.63) is 76.0 Å². The van der Waals surface area contributed by atoms with Crippen molar-refractivity contribution in [1.82, 2.24) is 9.97 Å². The smallest absolute Gasteiger partial charge is 0.274 e. The van der Waals surface area contributed by atoms with Crippen LogP contribution in [-0.4, -0.2) is 15.9 Å². The number of carbonyl (C=O) groups excluding carboxylic acids is 1. The normalized spacial score (nSPS) is 10.5. The average Bonchev–Trinajstić information content (AvgIpc) is 2.61. The van der Waals surface area contributed by atoms with Crippen molar-refractivity contribution in [2.24, 2.45) is 0 Å². The standard InChI is InChI=1S/C17H10Cl2F2N4O/c18-11-3-1-9(7-12(11)19)24-17-22-6-5-15(25-17)16(26)23-10-2-4-13(20)14(21)8-10/h1-8H,(H,23,26)(H,22,24,25). The fraction of sp³-hybridized carbons (Fsp3) is 0. The quantitative estimate of drug-likeness (QED) is 0.648. The lowest BCUT2D eigenvalue weighted by atomic mass is 10.3. The zero-order valence-corrected chi connectivity index (χ0v) is 14.4. The Balaban J connectivity index is 1.76. The molecule has 9 heteroatoms. The molecule has 132 valence electrons. The Bertz CT molecular complexity index is 985. The van der Waals surface area contributed by atoms with Crippen molar-refractivity contribution in [3.63, 3.8) is 0 Å². The lowest BCUT2D eigenvalue weighted by Gasteiger charge is -2.08. The van der Waals surface area contributed by atoms with Crippen molar-refractivity contribution < 1.29 is 13.6 Å². The number of amides is 1. The molecule has 26 heavy (non-hydrogen) atoms. The number of benzene rings is 2. The highest BCUT2D eigenvalue weighted by Crippen LogP contribution is 2.26. The highest BCUT2D eigenvalue weighted by Gasteiger charge is 2.11. The van der Waals surface area contributed by atoms with Gasteiger partial charge in [-0.3, -0.25) is 4.79 Å². The van der Waals surface area contributed by atoms with Crippen molar-refractivity contribution in [3.8, 4) is 0 Å². The minimum absolute atomic E-state index is 0.0345. The van der Waals surface area contributed by atoms with E-state index in [0.717, 1.165) is 12.1 Å². The maximum Gasteiger partial charge on any atom is 0.274 e. The van der Waals surface area contributed by atoms with Crippen LogP contribution in [0, 0.1) is 11.6 Å². The summed E-state index contributed by atoms with van der Waals surface area (Å²) in [7, 11) is 0. The second-order valence-corrected chi connectivity index (χ2v) is 5.92. The third-order valence-electron chi connectivity index (χ3n) is 3.24. The number of nitrogens with one attached hydrogen (secondary N) is 2. The number of hydrogen-bond acceptors (Lipinski definition) is 4. The summed E-state index contributed by atoms with van der Waals surface area (Å²) < 4.78 is 26.2. The number of hydrogen-bond donors (Lipinski definition) is 2. The number of carbonyl (C=O) groups is 1. The van der Waals surface area contributed by atoms with E-state index in [9.17, 15) is 13.6 Å². The molecule has 3 aromatic rings. The second kappa shape index (κ2) is 7.63. The largest absolute Gasteiger partial charge is 0.324 e. The minimum atomic E-state index is -1.06. The van der Waals surface area contributed by atoms with Gasteiger partial charge in [0.25, 0.3) is 5.91 Å². The molecule has 1 aromatic heterocycles. The van der Waals surface area contributed by atoms with Gasteiger partial charge in [-0.2, -0.15) is 0 Å². The third-order valence-corrected chi connectivity index (χ3v) is 3.98. The minimum Gasteiger partial charge on any atom is -0.324 e. The Morgan fingerprint density at radius 2 is 1.69 bits per heavy atom. The van der Waals surface area contributed by atoms with Gasteiger partial charge in [-0.25, -0.2) is 18.7 Å². The zero-order valence-electron chi connectivity index (χ0n) is 12.9. The monoisotopic (exact) mass is 394 g/mol. The Hall–Kier alpha value is -2.77. The predicted molar refractivity (Wildman–Crippen MR) is 96.1 cm³/mol. The fourth-order valence-electron chi connectivity index (χ4n) is 2.02. The van der Waals surface area contributed by atoms with Crippen LogP contribution in [-0.2, 0) is 0 Å². The molecule has 3 rings (SSSR count). The van der Waals surface area contributed by atoms with E-state index in [2.05, 4.69) is 20.6 Å². The SMILES string of the molecule is O=C(Nc1ccc(F)c(F)c1)c1ccnc(Nc2ccc(Cl)c(Cl)c2)n1. The molecule has 0 aliphatic heterocycles. The van der Waals surface area contributed by atoms with Crippen molar-refractivity contribution >= 4 is 46.4 Å². The average molecular weight is 395 g/mol. The van der Waals surface area contributed by atoms with Gasteiger partial charge in [0, 0.05) is 23.6 Å². The first-order chi connectivity index (χ1) is 12.4. The maximum absolute atomic E-state index is 13.2. The summed E-state index contributed by atoms with van der Waals surface area (Å²) in [6, 6.07) is 9.28. The zero-order chi connectivity index (χ0) is 18.7. The molecule has 0 spiro atoms. The maximum atomic E-state index is 13.2. The molecule has 1 amide bonds. The number of anilines is 3. The third kappa shape index (κ3) is 4.25. The molecule has 0 unspecified atom stereocenters. The van der Waals surface area contributed by atoms with E-state index in [0.29, 0.717) is 15.7 Å². The van der Waals surface area contributed by atoms with Gasteiger partial charge in [-0.05, 0) is 36.4 Å². The summed E-state index contributed by atoms with van der Waals surface area (Å²) in [5, 5.41) is 6.08. The summed E-state index contributed by atoms with van der Waals surface area (Å²) in [5.74, 6) is -2.51. The molecule has 0 bridgehead atoms. The van der Waals surface area contributed by atoms with Crippen molar-refractivity contribution in [2.45, 2.75) is 0 Å². The number of nitrogens with zero attached hydrogens (tertiary/aromatic N) is 2. The van der Waals surface area contributed by atoms with Crippen LogP contribution in [0.2, 0.25) is 10.0 Å². The summed E-state index contributed by atoms with van der Waals surface area (Å²) in [4.78, 5) is 20.3. The first-order valence-corrected chi connectivity index (χ1v) is 7.99.